The monoisotopic (exact) mass is 572 g/mol. The number of hydrogen-bond acceptors (Lipinski definition) is 6. The maximum absolute atomic E-state index is 12.6. The largest absolute Gasteiger partial charge is 0.534 e. The van der Waals surface area contributed by atoms with Crippen LogP contribution in [0.5, 0.6) is 5.75 Å². The van der Waals surface area contributed by atoms with Gasteiger partial charge in [-0.3, -0.25) is 9.69 Å². The number of fused-ring (bicyclic) bond motifs is 4. The number of rotatable bonds is 9. The number of aromatic amines is 1. The van der Waals surface area contributed by atoms with Crippen molar-refractivity contribution in [1.82, 2.24) is 20.2 Å². The van der Waals surface area contributed by atoms with E-state index in [0.29, 0.717) is 19.5 Å². The molecule has 0 spiro atoms. The fourth-order valence-corrected chi connectivity index (χ4v) is 5.28. The summed E-state index contributed by atoms with van der Waals surface area (Å²) in [5.41, 5.74) is -1.04. The first-order valence-electron chi connectivity index (χ1n) is 12.8. The maximum atomic E-state index is 12.6. The molecule has 210 valence electrons. The number of pyridine rings is 1. The number of nitrogens with one attached hydrogen (secondary N) is 2. The second-order valence-electron chi connectivity index (χ2n) is 9.56. The Morgan fingerprint density at radius 1 is 1.12 bits per heavy atom. The fraction of sp³-hybridized carbons (Fsp3) is 0.286. The Morgan fingerprint density at radius 3 is 2.80 bits per heavy atom. The summed E-state index contributed by atoms with van der Waals surface area (Å²) in [6.45, 7) is 2.48. The molecule has 0 saturated carbocycles. The minimum Gasteiger partial charge on any atom is -0.376 e. The topological polar surface area (TPSA) is 104 Å². The number of benzene rings is 2. The lowest BCUT2D eigenvalue weighted by Crippen LogP contribution is -2.32. The molecule has 0 radical (unpaired) electrons. The lowest BCUT2D eigenvalue weighted by atomic mass is 9.99. The van der Waals surface area contributed by atoms with E-state index in [1.54, 1.807) is 12.1 Å². The summed E-state index contributed by atoms with van der Waals surface area (Å²) < 4.78 is 64.8. The third-order valence-electron chi connectivity index (χ3n) is 6.78. The van der Waals surface area contributed by atoms with Crippen LogP contribution < -0.4 is 9.50 Å². The van der Waals surface area contributed by atoms with Crippen molar-refractivity contribution >= 4 is 33.0 Å². The molecular weight excluding hydrogens is 545 g/mol. The van der Waals surface area contributed by atoms with E-state index in [1.165, 1.54) is 18.2 Å². The summed E-state index contributed by atoms with van der Waals surface area (Å²) >= 11 is 0. The SMILES string of the molecule is O=C(/C=C/c1cccc2nc3[nH]cccc-3c12)NCCCCN1CCc2ccc(OS(=O)(=O)C(F)(F)F)cc2C1. The quantitative estimate of drug-likeness (QED) is 0.128. The van der Waals surface area contributed by atoms with Gasteiger partial charge in [0.05, 0.1) is 5.52 Å². The van der Waals surface area contributed by atoms with Crippen molar-refractivity contribution in [2.45, 2.75) is 31.3 Å². The van der Waals surface area contributed by atoms with Crippen LogP contribution in [0, 0.1) is 0 Å². The average molecular weight is 573 g/mol. The normalized spacial score (nSPS) is 14.6. The van der Waals surface area contributed by atoms with Crippen molar-refractivity contribution in [2.75, 3.05) is 19.6 Å². The van der Waals surface area contributed by atoms with Gasteiger partial charge < -0.3 is 14.5 Å². The highest BCUT2D eigenvalue weighted by Crippen LogP contribution is 2.32. The third kappa shape index (κ3) is 6.13. The zero-order valence-electron chi connectivity index (χ0n) is 21.4. The second-order valence-corrected chi connectivity index (χ2v) is 11.1. The third-order valence-corrected chi connectivity index (χ3v) is 7.76. The Balaban J connectivity index is 1.08. The molecule has 0 aromatic heterocycles. The molecule has 2 aromatic carbocycles. The predicted molar refractivity (Wildman–Crippen MR) is 145 cm³/mol. The number of halogens is 3. The minimum atomic E-state index is -5.71. The highest BCUT2D eigenvalue weighted by atomic mass is 32.2. The molecule has 2 N–H and O–H groups in total. The van der Waals surface area contributed by atoms with Gasteiger partial charge in [-0.2, -0.15) is 21.6 Å². The number of unbranched alkanes of at least 4 members (excludes halogenated alkanes) is 1. The lowest BCUT2D eigenvalue weighted by Gasteiger charge is -2.29. The van der Waals surface area contributed by atoms with Crippen molar-refractivity contribution < 1.29 is 30.6 Å². The van der Waals surface area contributed by atoms with Crippen LogP contribution in [0.3, 0.4) is 0 Å². The Labute approximate surface area is 229 Å². The van der Waals surface area contributed by atoms with Crippen molar-refractivity contribution in [2.24, 2.45) is 0 Å². The summed E-state index contributed by atoms with van der Waals surface area (Å²) in [6.07, 6.45) is 7.37. The molecule has 3 aliphatic rings. The molecule has 0 saturated heterocycles. The summed E-state index contributed by atoms with van der Waals surface area (Å²) in [5.74, 6) is 0.245. The van der Waals surface area contributed by atoms with Crippen LogP contribution >= 0.6 is 0 Å². The van der Waals surface area contributed by atoms with Gasteiger partial charge in [-0.05, 0) is 78.9 Å². The Kier molecular flexibility index (Phi) is 7.81. The summed E-state index contributed by atoms with van der Waals surface area (Å²) in [4.78, 5) is 22.3. The van der Waals surface area contributed by atoms with Gasteiger partial charge in [0.1, 0.15) is 11.6 Å². The number of alkyl halides is 3. The Hall–Kier alpha value is -3.90. The molecule has 0 unspecified atom stereocenters. The van der Waals surface area contributed by atoms with E-state index < -0.39 is 15.6 Å². The van der Waals surface area contributed by atoms with E-state index >= 15 is 0 Å². The first kappa shape index (κ1) is 27.7. The molecule has 0 fully saturated rings. The smallest absolute Gasteiger partial charge is 0.376 e. The molecule has 3 heterocycles. The van der Waals surface area contributed by atoms with Crippen LogP contribution in [0.4, 0.5) is 13.2 Å². The van der Waals surface area contributed by atoms with Gasteiger partial charge in [0.15, 0.2) is 0 Å². The molecule has 5 rings (SSSR count). The molecule has 1 amide bonds. The average Bonchev–Trinajstić information content (AvgIpc) is 3.30. The lowest BCUT2D eigenvalue weighted by molar-refractivity contribution is -0.116. The van der Waals surface area contributed by atoms with E-state index in [9.17, 15) is 26.4 Å². The van der Waals surface area contributed by atoms with Crippen LogP contribution in [0.2, 0.25) is 0 Å². The Morgan fingerprint density at radius 2 is 1.98 bits per heavy atom. The van der Waals surface area contributed by atoms with Gasteiger partial charge in [0.2, 0.25) is 5.91 Å². The van der Waals surface area contributed by atoms with E-state index in [4.69, 9.17) is 0 Å². The van der Waals surface area contributed by atoms with Crippen LogP contribution in [-0.2, 0) is 27.9 Å². The number of hydrogen-bond donors (Lipinski definition) is 2. The molecule has 8 nitrogen and oxygen atoms in total. The zero-order chi connectivity index (χ0) is 28.3. The number of carbonyl (C=O) groups excluding carboxylic acids is 1. The van der Waals surface area contributed by atoms with Gasteiger partial charge in [-0.15, -0.1) is 0 Å². The van der Waals surface area contributed by atoms with Gasteiger partial charge in [-0.25, -0.2) is 4.98 Å². The number of carbonyl (C=O) groups is 1. The maximum Gasteiger partial charge on any atom is 0.534 e. The molecule has 0 bridgehead atoms. The van der Waals surface area contributed by atoms with Crippen LogP contribution in [-0.4, -0.2) is 54.3 Å². The number of H-pyrrole nitrogens is 1. The predicted octanol–water partition coefficient (Wildman–Crippen LogP) is 4.86. The molecule has 40 heavy (non-hydrogen) atoms. The Bertz CT molecular complexity index is 1630. The summed E-state index contributed by atoms with van der Waals surface area (Å²) in [7, 11) is -5.71. The molecule has 12 heteroatoms. The summed E-state index contributed by atoms with van der Waals surface area (Å²) in [6, 6.07) is 13.9. The molecule has 0 aliphatic carbocycles. The molecule has 3 aliphatic heterocycles. The van der Waals surface area contributed by atoms with Gasteiger partial charge in [0.25, 0.3) is 0 Å². The zero-order valence-corrected chi connectivity index (χ0v) is 22.2. The van der Waals surface area contributed by atoms with E-state index in [1.807, 2.05) is 36.5 Å². The van der Waals surface area contributed by atoms with E-state index in [2.05, 4.69) is 24.4 Å². The molecule has 2 aromatic rings. The first-order chi connectivity index (χ1) is 19.1. The number of amides is 1. The standard InChI is InChI=1S/C28H27F3N4O4S/c29-28(30,31)40(37,38)39-22-10-8-19-12-16-35(18-21(19)17-22)15-2-1-13-32-25(36)11-9-20-5-3-7-24-26(20)23-6-4-14-33-27(23)34-24/h3-11,14,17H,1-2,12-13,15-16,18H2,(H,32,36)(H,33,34)/b11-9+. The first-order valence-corrected chi connectivity index (χ1v) is 14.2. The molecular formula is C28H27F3N4O4S. The van der Waals surface area contributed by atoms with E-state index in [0.717, 1.165) is 64.9 Å². The van der Waals surface area contributed by atoms with Gasteiger partial charge in [-0.1, -0.05) is 18.2 Å². The van der Waals surface area contributed by atoms with Gasteiger partial charge in [0, 0.05) is 42.9 Å². The van der Waals surface area contributed by atoms with Crippen molar-refractivity contribution in [1.29, 1.82) is 0 Å². The van der Waals surface area contributed by atoms with E-state index in [-0.39, 0.29) is 11.7 Å². The highest BCUT2D eigenvalue weighted by molar-refractivity contribution is 7.88. The minimum absolute atomic E-state index is 0.194. The van der Waals surface area contributed by atoms with Crippen molar-refractivity contribution in [3.05, 3.63) is 77.5 Å². The van der Waals surface area contributed by atoms with Crippen LogP contribution in [0.15, 0.2) is 60.8 Å². The number of nitrogens with zero attached hydrogens (tertiary/aromatic N) is 2. The number of aromatic nitrogens is 2. The van der Waals surface area contributed by atoms with Gasteiger partial charge >= 0.3 is 15.6 Å². The van der Waals surface area contributed by atoms with Crippen molar-refractivity contribution in [3.8, 4) is 17.1 Å². The van der Waals surface area contributed by atoms with Crippen molar-refractivity contribution in [3.63, 3.8) is 0 Å². The highest BCUT2D eigenvalue weighted by Gasteiger charge is 2.48. The van der Waals surface area contributed by atoms with Crippen LogP contribution in [0.25, 0.3) is 28.4 Å². The fourth-order valence-electron chi connectivity index (χ4n) is 4.83. The summed E-state index contributed by atoms with van der Waals surface area (Å²) in [5, 5.41) is 3.88. The molecule has 0 atom stereocenters. The second kappa shape index (κ2) is 11.3. The van der Waals surface area contributed by atoms with Crippen LogP contribution in [0.1, 0.15) is 29.5 Å².